The average Bonchev–Trinajstić information content (AvgIpc) is 3.30. The Balaban J connectivity index is 0.00000202. The number of methoxy groups -OCH3 is 4. The van der Waals surface area contributed by atoms with Crippen molar-refractivity contribution in [2.75, 3.05) is 49.1 Å². The Hall–Kier alpha value is -2.35. The fourth-order valence-corrected chi connectivity index (χ4v) is 9.61. The zero-order chi connectivity index (χ0) is 52.8. The number of likely N-dealkylation sites (N-methyl/N-ethyl adjacent to an activating group) is 1. The molecular formula is C50H87NO19. The van der Waals surface area contributed by atoms with Crippen LogP contribution in [0.3, 0.4) is 0 Å². The van der Waals surface area contributed by atoms with E-state index in [1.807, 2.05) is 26.8 Å². The van der Waals surface area contributed by atoms with E-state index in [1.165, 1.54) is 27.2 Å². The molecule has 3 saturated heterocycles. The van der Waals surface area contributed by atoms with E-state index in [1.54, 1.807) is 73.9 Å². The van der Waals surface area contributed by atoms with E-state index in [4.69, 9.17) is 42.6 Å². The molecule has 0 radical (unpaired) electrons. The van der Waals surface area contributed by atoms with Crippen LogP contribution in [-0.2, 0) is 66.5 Å². The largest absolute Gasteiger partial charge is 0.462 e. The molecule has 4 rings (SSSR count). The second kappa shape index (κ2) is 28.9. The molecule has 0 saturated carbocycles. The van der Waals surface area contributed by atoms with Gasteiger partial charge in [0.1, 0.15) is 49.0 Å². The summed E-state index contributed by atoms with van der Waals surface area (Å²) in [6.45, 7) is 15.5. The third-order valence-corrected chi connectivity index (χ3v) is 14.1. The lowest BCUT2D eigenvalue weighted by Gasteiger charge is -2.50. The number of hydrogen-bond donors (Lipinski definition) is 5. The highest BCUT2D eigenvalue weighted by atomic mass is 16.7. The third kappa shape index (κ3) is 16.8. The molecule has 4 aliphatic heterocycles. The molecule has 21 atom stereocenters. The first-order valence-electron chi connectivity index (χ1n) is 24.5. The molecule has 3 fully saturated rings. The zero-order valence-electron chi connectivity index (χ0n) is 44.1. The Morgan fingerprint density at radius 1 is 0.843 bits per heavy atom. The number of carbonyl (C=O) groups is 3. The SMILES string of the molecule is CC[C@H]1OC(=O)C[C@@H](O)[C@H](C)[C@@H](O[C@@H]2O[C@H](C)[C@@H](O[C@H]3C[C@@](C)(O)[C@@H](O)[C@H](C)O3)[C@H](N(C)C)[C@H]2O)[C@@H](CC=O)C[C@@H](C)C(=O)/C=C/C(C)=C/C1CO[C@@H]1O[C@H](C)[C@@H](O)[C@@H](OC)[C@H]1OC.COC(C)OC. The summed E-state index contributed by atoms with van der Waals surface area (Å²) >= 11 is 0. The Bertz CT molecular complexity index is 1640. The molecule has 0 aromatic carbocycles. The van der Waals surface area contributed by atoms with E-state index in [2.05, 4.69) is 9.47 Å². The van der Waals surface area contributed by atoms with Gasteiger partial charge in [-0.1, -0.05) is 38.5 Å². The van der Waals surface area contributed by atoms with Gasteiger partial charge >= 0.3 is 5.97 Å². The first-order valence-corrected chi connectivity index (χ1v) is 24.5. The molecule has 4 heterocycles. The molecule has 0 aromatic heterocycles. The molecule has 5 N–H and O–H groups in total. The van der Waals surface area contributed by atoms with Crippen LogP contribution >= 0.6 is 0 Å². The summed E-state index contributed by atoms with van der Waals surface area (Å²) in [4.78, 5) is 41.5. The van der Waals surface area contributed by atoms with Crippen LogP contribution in [0, 0.1) is 23.7 Å². The van der Waals surface area contributed by atoms with Gasteiger partial charge in [0.2, 0.25) is 0 Å². The minimum Gasteiger partial charge on any atom is -0.462 e. The lowest BCUT2D eigenvalue weighted by molar-refractivity contribution is -0.341. The summed E-state index contributed by atoms with van der Waals surface area (Å²) in [6, 6.07) is -0.748. The molecule has 0 bridgehead atoms. The minimum absolute atomic E-state index is 0.00788. The Morgan fingerprint density at radius 2 is 1.47 bits per heavy atom. The predicted molar refractivity (Wildman–Crippen MR) is 254 cm³/mol. The highest BCUT2D eigenvalue weighted by molar-refractivity contribution is 5.91. The fraction of sp³-hybridized carbons (Fsp3) is 0.860. The molecule has 1 unspecified atom stereocenters. The summed E-state index contributed by atoms with van der Waals surface area (Å²) in [5.74, 6) is -3.59. The van der Waals surface area contributed by atoms with Gasteiger partial charge in [-0.05, 0) is 80.5 Å². The second-order valence-corrected chi connectivity index (χ2v) is 19.8. The first kappa shape index (κ1) is 61.9. The number of aldehydes is 1. The summed E-state index contributed by atoms with van der Waals surface area (Å²) in [5, 5.41) is 55.8. The summed E-state index contributed by atoms with van der Waals surface area (Å²) in [5.41, 5.74) is -0.806. The maximum atomic E-state index is 13.8. The number of aliphatic hydroxyl groups is 5. The molecule has 0 aliphatic carbocycles. The van der Waals surface area contributed by atoms with E-state index >= 15 is 0 Å². The number of nitrogens with zero attached hydrogens (tertiary/aromatic N) is 1. The number of cyclic esters (lactones) is 1. The van der Waals surface area contributed by atoms with Crippen molar-refractivity contribution in [3.05, 3.63) is 23.8 Å². The molecule has 20 heteroatoms. The topological polar surface area (TPSA) is 257 Å². The highest BCUT2D eigenvalue weighted by Gasteiger charge is 2.52. The zero-order valence-corrected chi connectivity index (χ0v) is 44.1. The van der Waals surface area contributed by atoms with Gasteiger partial charge in [0, 0.05) is 59.0 Å². The van der Waals surface area contributed by atoms with Crippen LogP contribution in [0.2, 0.25) is 0 Å². The molecule has 0 spiro atoms. The van der Waals surface area contributed by atoms with Crippen LogP contribution in [0.15, 0.2) is 23.8 Å². The van der Waals surface area contributed by atoms with Gasteiger partial charge in [0.25, 0.3) is 0 Å². The molecular weight excluding hydrogens is 919 g/mol. The van der Waals surface area contributed by atoms with Gasteiger partial charge in [-0.15, -0.1) is 0 Å². The van der Waals surface area contributed by atoms with Gasteiger partial charge in [0.15, 0.2) is 30.9 Å². The number of ketones is 1. The molecule has 0 amide bonds. The molecule has 4 aliphatic rings. The van der Waals surface area contributed by atoms with E-state index in [0.29, 0.717) is 12.0 Å². The number of allylic oxidation sites excluding steroid dienone is 3. The van der Waals surface area contributed by atoms with E-state index in [0.717, 1.165) is 6.29 Å². The van der Waals surface area contributed by atoms with Crippen LogP contribution in [0.4, 0.5) is 0 Å². The normalized spacial score (nSPS) is 42.9. The van der Waals surface area contributed by atoms with Gasteiger partial charge < -0.3 is 87.3 Å². The molecule has 20 nitrogen and oxygen atoms in total. The van der Waals surface area contributed by atoms with Gasteiger partial charge in [0.05, 0.1) is 55.2 Å². The monoisotopic (exact) mass is 1010 g/mol. The molecule has 0 aromatic rings. The maximum Gasteiger partial charge on any atom is 0.308 e. The smallest absolute Gasteiger partial charge is 0.308 e. The lowest BCUT2D eigenvalue weighted by atomic mass is 9.79. The number of carbonyl (C=O) groups excluding carboxylic acids is 3. The van der Waals surface area contributed by atoms with Crippen molar-refractivity contribution < 1.29 is 92.0 Å². The van der Waals surface area contributed by atoms with Crippen molar-refractivity contribution in [3.63, 3.8) is 0 Å². The van der Waals surface area contributed by atoms with Crippen molar-refractivity contribution in [2.24, 2.45) is 23.7 Å². The van der Waals surface area contributed by atoms with E-state index in [-0.39, 0.29) is 37.9 Å². The van der Waals surface area contributed by atoms with Crippen molar-refractivity contribution in [1.82, 2.24) is 4.90 Å². The van der Waals surface area contributed by atoms with Crippen LogP contribution in [-0.4, -0.2) is 208 Å². The van der Waals surface area contributed by atoms with Crippen molar-refractivity contribution in [2.45, 2.75) is 204 Å². The van der Waals surface area contributed by atoms with Gasteiger partial charge in [-0.2, -0.15) is 0 Å². The maximum absolute atomic E-state index is 13.8. The summed E-state index contributed by atoms with van der Waals surface area (Å²) in [6.07, 6.45) is -8.55. The average molecular weight is 1010 g/mol. The second-order valence-electron chi connectivity index (χ2n) is 19.8. The van der Waals surface area contributed by atoms with Crippen LogP contribution in [0.5, 0.6) is 0 Å². The highest BCUT2D eigenvalue weighted by Crippen LogP contribution is 2.37. The van der Waals surface area contributed by atoms with E-state index < -0.39 is 140 Å². The van der Waals surface area contributed by atoms with Crippen LogP contribution in [0.1, 0.15) is 94.4 Å². The Kier molecular flexibility index (Phi) is 25.6. The molecule has 70 heavy (non-hydrogen) atoms. The van der Waals surface area contributed by atoms with Crippen molar-refractivity contribution in [1.29, 1.82) is 0 Å². The minimum atomic E-state index is -1.49. The Morgan fingerprint density at radius 3 is 2.01 bits per heavy atom. The standard InChI is InChI=1S/C46H77NO17.C4H10O2/c1-13-33-30(22-58-45-42(57-12)41(56-11)37(52)26(5)60-45)18-23(2)14-15-31(49)24(3)19-29(16-17-48)39(25(4)32(50)20-34(51)62-33)64-44-38(53)36(47(9)10)40(27(6)61-44)63-35-21-46(8,55)43(54)28(7)59-35;1-4(5-2)6-3/h14-15,17-18,24-30,32-33,35-45,50,52-55H,13,16,19-22H2,1-12H3;4H,1-3H3/b15-14+,23-18+;/t24-,25+,26-,27-,28+,29+,30?,32-,33-,35+,36-,37-,38-,39-,40-,41-,42-,43+,44+,45-,46-;/m1./s1. The first-order chi connectivity index (χ1) is 32.9. The number of esters is 1. The number of rotatable bonds is 15. The molecule has 406 valence electrons. The Labute approximate surface area is 415 Å². The summed E-state index contributed by atoms with van der Waals surface area (Å²) < 4.78 is 64.0. The van der Waals surface area contributed by atoms with Gasteiger partial charge in [-0.3, -0.25) is 9.59 Å². The number of ether oxygens (including phenoxy) is 11. The fourth-order valence-electron chi connectivity index (χ4n) is 9.61. The lowest BCUT2D eigenvalue weighted by Crippen LogP contribution is -2.65. The van der Waals surface area contributed by atoms with E-state index in [9.17, 15) is 39.9 Å². The van der Waals surface area contributed by atoms with Crippen LogP contribution in [0.25, 0.3) is 0 Å². The summed E-state index contributed by atoms with van der Waals surface area (Å²) in [7, 11) is 9.64. The van der Waals surface area contributed by atoms with Crippen LogP contribution < -0.4 is 0 Å². The quantitative estimate of drug-likeness (QED) is 0.0897. The van der Waals surface area contributed by atoms with Gasteiger partial charge in [-0.25, -0.2) is 0 Å². The number of hydrogen-bond acceptors (Lipinski definition) is 20. The third-order valence-electron chi connectivity index (χ3n) is 14.1. The van der Waals surface area contributed by atoms with Crippen molar-refractivity contribution in [3.8, 4) is 0 Å². The van der Waals surface area contributed by atoms with Crippen molar-refractivity contribution >= 4 is 18.0 Å². The predicted octanol–water partition coefficient (Wildman–Crippen LogP) is 2.46. The number of aliphatic hydroxyl groups excluding tert-OH is 4.